The van der Waals surface area contributed by atoms with Gasteiger partial charge in [0.1, 0.15) is 73.2 Å². The Morgan fingerprint density at radius 3 is 1.12 bits per heavy atom. The second kappa shape index (κ2) is 57.2. The van der Waals surface area contributed by atoms with Crippen LogP contribution in [0.5, 0.6) is 0 Å². The molecular formula is C76H137NO18. The Balaban J connectivity index is 1.41. The van der Waals surface area contributed by atoms with E-state index < -0.39 is 124 Å². The zero-order valence-corrected chi connectivity index (χ0v) is 58.9. The zero-order valence-electron chi connectivity index (χ0n) is 58.9. The van der Waals surface area contributed by atoms with Gasteiger partial charge in [0.25, 0.3) is 0 Å². The number of nitrogens with one attached hydrogen (secondary N) is 1. The maximum Gasteiger partial charge on any atom is 0.220 e. The molecule has 95 heavy (non-hydrogen) atoms. The van der Waals surface area contributed by atoms with Gasteiger partial charge >= 0.3 is 0 Å². The van der Waals surface area contributed by atoms with E-state index in [-0.39, 0.29) is 18.9 Å². The molecule has 3 aliphatic rings. The highest BCUT2D eigenvalue weighted by molar-refractivity contribution is 5.76. The molecule has 0 saturated carbocycles. The van der Waals surface area contributed by atoms with Crippen molar-refractivity contribution in [3.05, 3.63) is 60.8 Å². The van der Waals surface area contributed by atoms with Crippen LogP contribution in [-0.2, 0) is 33.2 Å². The highest BCUT2D eigenvalue weighted by Crippen LogP contribution is 2.33. The molecule has 3 fully saturated rings. The van der Waals surface area contributed by atoms with Crippen molar-refractivity contribution in [1.29, 1.82) is 0 Å². The normalized spacial score (nSPS) is 27.5. The fourth-order valence-electron chi connectivity index (χ4n) is 12.6. The summed E-state index contributed by atoms with van der Waals surface area (Å²) in [6.45, 7) is 1.72. The first kappa shape index (κ1) is 86.7. The van der Waals surface area contributed by atoms with Crippen molar-refractivity contribution in [3.63, 3.8) is 0 Å². The van der Waals surface area contributed by atoms with Crippen LogP contribution in [0.25, 0.3) is 0 Å². The van der Waals surface area contributed by atoms with E-state index in [2.05, 4.69) is 67.8 Å². The lowest BCUT2D eigenvalue weighted by Crippen LogP contribution is -2.66. The minimum Gasteiger partial charge on any atom is -0.394 e. The van der Waals surface area contributed by atoms with Crippen LogP contribution < -0.4 is 5.32 Å². The summed E-state index contributed by atoms with van der Waals surface area (Å²) in [7, 11) is 0. The maximum atomic E-state index is 13.4. The molecule has 554 valence electrons. The number of aliphatic hydroxyl groups excluding tert-OH is 11. The molecule has 0 radical (unpaired) electrons. The maximum absolute atomic E-state index is 13.4. The number of carbonyl (C=O) groups excluding carboxylic acids is 1. The molecule has 19 heteroatoms. The molecule has 3 saturated heterocycles. The summed E-state index contributed by atoms with van der Waals surface area (Å²) in [5.74, 6) is -0.287. The molecule has 0 aromatic carbocycles. The standard InChI is InChI=1S/C76H137NO18/c1-3-5-7-9-11-13-15-17-19-21-23-25-26-27-28-29-30-31-32-34-36-38-40-42-44-46-48-50-52-54-64(82)77-59(60(81)53-51-49-47-45-43-41-39-37-35-33-24-22-20-18-16-14-12-10-8-6-4-2)58-90-74-70(88)67(85)72(62(56-79)92-74)95-76-71(89)68(86)73(63(57-80)93-76)94-75-69(87)66(84)65(83)61(55-78)91-75/h15,17,21,23,35,37,43,45,51,53,59-63,65-76,78-81,83-89H,3-14,16,18-20,22,24-34,36,38-42,44,46-50,52,54-58H2,1-2H3,(H,77,82)/b17-15-,23-21-,37-35+,45-43+,53-51+. The van der Waals surface area contributed by atoms with Gasteiger partial charge in [-0.2, -0.15) is 0 Å². The molecule has 3 aliphatic heterocycles. The van der Waals surface area contributed by atoms with E-state index in [0.717, 1.165) is 51.4 Å². The largest absolute Gasteiger partial charge is 0.394 e. The number of hydrogen-bond donors (Lipinski definition) is 12. The molecule has 0 aromatic heterocycles. The van der Waals surface area contributed by atoms with E-state index >= 15 is 0 Å². The van der Waals surface area contributed by atoms with Crippen LogP contribution in [0.4, 0.5) is 0 Å². The van der Waals surface area contributed by atoms with Crippen molar-refractivity contribution in [2.75, 3.05) is 26.4 Å². The van der Waals surface area contributed by atoms with Gasteiger partial charge in [0.05, 0.1) is 38.6 Å². The third-order valence-electron chi connectivity index (χ3n) is 18.8. The lowest BCUT2D eigenvalue weighted by Gasteiger charge is -2.48. The van der Waals surface area contributed by atoms with Gasteiger partial charge in [-0.15, -0.1) is 0 Å². The molecule has 19 nitrogen and oxygen atoms in total. The third-order valence-corrected chi connectivity index (χ3v) is 18.8. The van der Waals surface area contributed by atoms with Crippen LogP contribution in [-0.4, -0.2) is 193 Å². The molecular weight excluding hydrogens is 1210 g/mol. The SMILES string of the molecule is CCCCCCC/C=C\C/C=C\CCCCCCCCCCCCCCCCCCCC(=O)NC(COC1OC(CO)C(OC2OC(CO)C(OC3OC(CO)C(O)C(O)C3O)C(O)C2O)C(O)C1O)C(O)/C=C/CC/C=C/CC/C=C/CCCCCCCCCCCCC. The molecule has 0 aromatic rings. The van der Waals surface area contributed by atoms with Crippen LogP contribution in [0.15, 0.2) is 60.8 Å². The molecule has 0 bridgehead atoms. The highest BCUT2D eigenvalue weighted by Gasteiger charge is 2.53. The quantitative estimate of drug-likeness (QED) is 0.0199. The molecule has 0 aliphatic carbocycles. The molecule has 17 atom stereocenters. The Morgan fingerprint density at radius 1 is 0.379 bits per heavy atom. The van der Waals surface area contributed by atoms with Gasteiger partial charge in [-0.05, 0) is 77.0 Å². The summed E-state index contributed by atoms with van der Waals surface area (Å²) >= 11 is 0. The number of hydrogen-bond acceptors (Lipinski definition) is 18. The van der Waals surface area contributed by atoms with Crippen molar-refractivity contribution < 1.29 is 89.4 Å². The van der Waals surface area contributed by atoms with Crippen LogP contribution in [0, 0.1) is 0 Å². The lowest BCUT2D eigenvalue weighted by molar-refractivity contribution is -0.379. The summed E-state index contributed by atoms with van der Waals surface area (Å²) < 4.78 is 34.4. The zero-order chi connectivity index (χ0) is 68.9. The molecule has 3 heterocycles. The van der Waals surface area contributed by atoms with E-state index in [0.29, 0.717) is 12.8 Å². The predicted molar refractivity (Wildman–Crippen MR) is 374 cm³/mol. The van der Waals surface area contributed by atoms with E-state index in [9.17, 15) is 61.0 Å². The van der Waals surface area contributed by atoms with Crippen LogP contribution in [0.1, 0.15) is 284 Å². The Kier molecular flexibility index (Phi) is 52.2. The summed E-state index contributed by atoms with van der Waals surface area (Å²) in [5.41, 5.74) is 0. The first-order chi connectivity index (χ1) is 46.3. The predicted octanol–water partition coefficient (Wildman–Crippen LogP) is 11.5. The van der Waals surface area contributed by atoms with Gasteiger partial charge in [0.2, 0.25) is 5.91 Å². The van der Waals surface area contributed by atoms with E-state index in [1.54, 1.807) is 6.08 Å². The minimum absolute atomic E-state index is 0.232. The highest BCUT2D eigenvalue weighted by atomic mass is 16.8. The summed E-state index contributed by atoms with van der Waals surface area (Å²) in [5, 5.41) is 121. The molecule has 1 amide bonds. The lowest BCUT2D eigenvalue weighted by atomic mass is 9.96. The van der Waals surface area contributed by atoms with E-state index in [1.807, 2.05) is 6.08 Å². The van der Waals surface area contributed by atoms with Gasteiger partial charge in [-0.3, -0.25) is 4.79 Å². The second-order valence-electron chi connectivity index (χ2n) is 27.1. The smallest absolute Gasteiger partial charge is 0.220 e. The van der Waals surface area contributed by atoms with Crippen molar-refractivity contribution >= 4 is 5.91 Å². The second-order valence-corrected chi connectivity index (χ2v) is 27.1. The fraction of sp³-hybridized carbons (Fsp3) is 0.855. The number of amides is 1. The first-order valence-corrected chi connectivity index (χ1v) is 38.0. The Hall–Kier alpha value is -2.51. The number of carbonyl (C=O) groups is 1. The van der Waals surface area contributed by atoms with Gasteiger partial charge in [-0.25, -0.2) is 0 Å². The van der Waals surface area contributed by atoms with Gasteiger partial charge in [-0.1, -0.05) is 261 Å². The molecule has 3 rings (SSSR count). The summed E-state index contributed by atoms with van der Waals surface area (Å²) in [4.78, 5) is 13.4. The number of rotatable bonds is 59. The Labute approximate surface area is 573 Å². The summed E-state index contributed by atoms with van der Waals surface area (Å²) in [6.07, 6.45) is 44.9. The van der Waals surface area contributed by atoms with Crippen LogP contribution in [0.3, 0.4) is 0 Å². The minimum atomic E-state index is -1.98. The topological polar surface area (TPSA) is 307 Å². The van der Waals surface area contributed by atoms with E-state index in [4.69, 9.17) is 28.4 Å². The summed E-state index contributed by atoms with van der Waals surface area (Å²) in [6, 6.07) is -0.998. The molecule has 12 N–H and O–H groups in total. The number of ether oxygens (including phenoxy) is 6. The van der Waals surface area contributed by atoms with Crippen molar-refractivity contribution in [1.82, 2.24) is 5.32 Å². The first-order valence-electron chi connectivity index (χ1n) is 38.0. The number of unbranched alkanes of at least 4 members (excludes halogenated alkanes) is 35. The number of aliphatic hydroxyl groups is 11. The Bertz CT molecular complexity index is 1950. The monoisotopic (exact) mass is 1350 g/mol. The fourth-order valence-corrected chi connectivity index (χ4v) is 12.6. The molecule has 0 spiro atoms. The van der Waals surface area contributed by atoms with Crippen LogP contribution in [0.2, 0.25) is 0 Å². The number of allylic oxidation sites excluding steroid dienone is 9. The van der Waals surface area contributed by atoms with Crippen LogP contribution >= 0.6 is 0 Å². The average Bonchev–Trinajstić information content (AvgIpc) is 0.786. The van der Waals surface area contributed by atoms with E-state index in [1.165, 1.54) is 199 Å². The Morgan fingerprint density at radius 2 is 0.705 bits per heavy atom. The van der Waals surface area contributed by atoms with Gasteiger partial charge in [0.15, 0.2) is 18.9 Å². The average molecular weight is 1350 g/mol. The molecule has 17 unspecified atom stereocenters. The van der Waals surface area contributed by atoms with Gasteiger partial charge in [0, 0.05) is 6.42 Å². The van der Waals surface area contributed by atoms with Crippen molar-refractivity contribution in [3.8, 4) is 0 Å². The van der Waals surface area contributed by atoms with Crippen molar-refractivity contribution in [2.45, 2.75) is 388 Å². The van der Waals surface area contributed by atoms with Gasteiger partial charge < -0.3 is 89.9 Å². The third kappa shape index (κ3) is 38.2. The van der Waals surface area contributed by atoms with Crippen molar-refractivity contribution in [2.24, 2.45) is 0 Å².